The Kier molecular flexibility index (Phi) is 7.21. The number of benzene rings is 1. The summed E-state index contributed by atoms with van der Waals surface area (Å²) >= 11 is 0. The Hall–Kier alpha value is -2.41. The van der Waals surface area contributed by atoms with Gasteiger partial charge in [0.1, 0.15) is 12.2 Å². The fourth-order valence-corrected chi connectivity index (χ4v) is 3.45. The van der Waals surface area contributed by atoms with Gasteiger partial charge in [-0.05, 0) is 30.4 Å². The minimum absolute atomic E-state index is 0.398. The number of aryl methyl sites for hydroxylation is 2. The van der Waals surface area contributed by atoms with Crippen LogP contribution in [0.25, 0.3) is 0 Å². The highest BCUT2D eigenvalue weighted by atomic mass is 16.5. The highest BCUT2D eigenvalue weighted by Crippen LogP contribution is 2.20. The minimum atomic E-state index is 0.398. The van der Waals surface area contributed by atoms with Gasteiger partial charge in [0.05, 0.1) is 13.2 Å². The van der Waals surface area contributed by atoms with Gasteiger partial charge in [0, 0.05) is 32.7 Å². The number of nitrogens with zero attached hydrogens (tertiary/aromatic N) is 4. The molecule has 0 fully saturated rings. The quantitative estimate of drug-likeness (QED) is 0.419. The summed E-state index contributed by atoms with van der Waals surface area (Å²) in [5.74, 6) is 1.86. The van der Waals surface area contributed by atoms with Crippen LogP contribution < -0.4 is 10.6 Å². The van der Waals surface area contributed by atoms with Crippen molar-refractivity contribution in [1.82, 2.24) is 25.4 Å². The van der Waals surface area contributed by atoms with E-state index in [0.29, 0.717) is 19.2 Å². The standard InChI is InChI=1S/C20H30N6O/c1-3-19-25-23-15-26(19)12-10-21-20(22-11-13-27-2)24-18-9-8-16-6-4-5-7-17(16)14-18/h4-7,15,18H,3,8-14H2,1-2H3,(H2,21,22,24). The van der Waals surface area contributed by atoms with Crippen molar-refractivity contribution in [2.75, 3.05) is 26.8 Å². The van der Waals surface area contributed by atoms with Crippen LogP contribution in [0.3, 0.4) is 0 Å². The zero-order chi connectivity index (χ0) is 18.9. The van der Waals surface area contributed by atoms with Gasteiger partial charge in [0.15, 0.2) is 5.96 Å². The third-order valence-electron chi connectivity index (χ3n) is 4.91. The lowest BCUT2D eigenvalue weighted by Gasteiger charge is -2.27. The van der Waals surface area contributed by atoms with Crippen LogP contribution in [0.15, 0.2) is 35.6 Å². The minimum Gasteiger partial charge on any atom is -0.383 e. The lowest BCUT2D eigenvalue weighted by molar-refractivity contribution is 0.208. The van der Waals surface area contributed by atoms with Crippen LogP contribution in [0.5, 0.6) is 0 Å². The summed E-state index contributed by atoms with van der Waals surface area (Å²) in [5.41, 5.74) is 2.91. The van der Waals surface area contributed by atoms with E-state index in [0.717, 1.165) is 50.6 Å². The molecule has 27 heavy (non-hydrogen) atoms. The summed E-state index contributed by atoms with van der Waals surface area (Å²) in [5, 5.41) is 15.2. The predicted molar refractivity (Wildman–Crippen MR) is 107 cm³/mol. The maximum Gasteiger partial charge on any atom is 0.191 e. The predicted octanol–water partition coefficient (Wildman–Crippen LogP) is 1.58. The molecule has 0 radical (unpaired) electrons. The summed E-state index contributed by atoms with van der Waals surface area (Å²) in [4.78, 5) is 4.65. The molecular weight excluding hydrogens is 340 g/mol. The molecule has 7 nitrogen and oxygen atoms in total. The maximum absolute atomic E-state index is 5.14. The van der Waals surface area contributed by atoms with Gasteiger partial charge in [-0.25, -0.2) is 0 Å². The lowest BCUT2D eigenvalue weighted by Crippen LogP contribution is -2.46. The van der Waals surface area contributed by atoms with E-state index in [4.69, 9.17) is 4.74 Å². The van der Waals surface area contributed by atoms with Gasteiger partial charge < -0.3 is 19.9 Å². The van der Waals surface area contributed by atoms with Crippen molar-refractivity contribution in [3.05, 3.63) is 47.5 Å². The molecule has 0 aliphatic heterocycles. The fourth-order valence-electron chi connectivity index (χ4n) is 3.45. The Morgan fingerprint density at radius 1 is 1.33 bits per heavy atom. The molecule has 146 valence electrons. The molecule has 7 heteroatoms. The van der Waals surface area contributed by atoms with Crippen molar-refractivity contribution in [2.24, 2.45) is 4.99 Å². The Labute approximate surface area is 161 Å². The van der Waals surface area contributed by atoms with Crippen LogP contribution in [0.4, 0.5) is 0 Å². The first kappa shape index (κ1) is 19.4. The number of aliphatic imine (C=N–C) groups is 1. The summed E-state index contributed by atoms with van der Waals surface area (Å²) in [6.07, 6.45) is 5.93. The Bertz CT molecular complexity index is 742. The second-order valence-electron chi connectivity index (χ2n) is 6.80. The number of hydrogen-bond acceptors (Lipinski definition) is 4. The van der Waals surface area contributed by atoms with E-state index in [1.54, 1.807) is 13.4 Å². The number of methoxy groups -OCH3 is 1. The first-order valence-corrected chi connectivity index (χ1v) is 9.77. The molecule has 1 atom stereocenters. The Morgan fingerprint density at radius 3 is 3.00 bits per heavy atom. The number of ether oxygens (including phenoxy) is 1. The molecule has 0 saturated heterocycles. The molecule has 2 N–H and O–H groups in total. The first-order chi connectivity index (χ1) is 13.3. The third-order valence-corrected chi connectivity index (χ3v) is 4.91. The van der Waals surface area contributed by atoms with E-state index in [1.807, 2.05) is 0 Å². The maximum atomic E-state index is 5.14. The molecule has 2 aromatic rings. The van der Waals surface area contributed by atoms with Crippen LogP contribution in [-0.4, -0.2) is 53.6 Å². The van der Waals surface area contributed by atoms with Gasteiger partial charge in [0.25, 0.3) is 0 Å². The smallest absolute Gasteiger partial charge is 0.191 e. The molecule has 1 aliphatic rings. The third kappa shape index (κ3) is 5.53. The molecule has 0 amide bonds. The zero-order valence-electron chi connectivity index (χ0n) is 16.3. The van der Waals surface area contributed by atoms with Gasteiger partial charge in [-0.1, -0.05) is 31.2 Å². The van der Waals surface area contributed by atoms with Crippen LogP contribution in [-0.2, 0) is 30.5 Å². The van der Waals surface area contributed by atoms with Crippen LogP contribution in [0, 0.1) is 0 Å². The van der Waals surface area contributed by atoms with Crippen molar-refractivity contribution >= 4 is 5.96 Å². The summed E-state index contributed by atoms with van der Waals surface area (Å²) in [6, 6.07) is 9.12. The van der Waals surface area contributed by atoms with E-state index < -0.39 is 0 Å². The second kappa shape index (κ2) is 10.1. The number of rotatable bonds is 8. The zero-order valence-corrected chi connectivity index (χ0v) is 16.3. The van der Waals surface area contributed by atoms with Gasteiger partial charge >= 0.3 is 0 Å². The van der Waals surface area contributed by atoms with Crippen molar-refractivity contribution in [3.63, 3.8) is 0 Å². The largest absolute Gasteiger partial charge is 0.383 e. The molecule has 1 aromatic carbocycles. The highest BCUT2D eigenvalue weighted by molar-refractivity contribution is 5.80. The van der Waals surface area contributed by atoms with Crippen LogP contribution in [0.1, 0.15) is 30.3 Å². The molecule has 3 rings (SSSR count). The molecule has 1 unspecified atom stereocenters. The van der Waals surface area contributed by atoms with Gasteiger partial charge in [-0.2, -0.15) is 0 Å². The average Bonchev–Trinajstić information content (AvgIpc) is 3.15. The molecule has 0 bridgehead atoms. The molecule has 0 saturated carbocycles. The number of nitrogens with one attached hydrogen (secondary N) is 2. The van der Waals surface area contributed by atoms with Crippen LogP contribution in [0.2, 0.25) is 0 Å². The fraction of sp³-hybridized carbons (Fsp3) is 0.550. The molecular formula is C20H30N6O. The molecule has 1 aromatic heterocycles. The van der Waals surface area contributed by atoms with Crippen LogP contribution >= 0.6 is 0 Å². The Balaban J connectivity index is 1.56. The number of aromatic nitrogens is 3. The van der Waals surface area contributed by atoms with Gasteiger partial charge in [0.2, 0.25) is 0 Å². The van der Waals surface area contributed by atoms with E-state index in [2.05, 4.69) is 61.6 Å². The Morgan fingerprint density at radius 2 is 2.19 bits per heavy atom. The first-order valence-electron chi connectivity index (χ1n) is 9.77. The van der Waals surface area contributed by atoms with Gasteiger partial charge in [-0.15, -0.1) is 10.2 Å². The second-order valence-corrected chi connectivity index (χ2v) is 6.80. The summed E-state index contributed by atoms with van der Waals surface area (Å²) in [7, 11) is 1.70. The van der Waals surface area contributed by atoms with Crippen molar-refractivity contribution in [2.45, 2.75) is 45.2 Å². The number of hydrogen-bond donors (Lipinski definition) is 2. The van der Waals surface area contributed by atoms with Crippen molar-refractivity contribution in [1.29, 1.82) is 0 Å². The lowest BCUT2D eigenvalue weighted by atomic mass is 9.88. The monoisotopic (exact) mass is 370 g/mol. The van der Waals surface area contributed by atoms with Gasteiger partial charge in [-0.3, -0.25) is 4.99 Å². The molecule has 1 heterocycles. The average molecular weight is 371 g/mol. The summed E-state index contributed by atoms with van der Waals surface area (Å²) in [6.45, 7) is 4.93. The SMILES string of the molecule is CCc1nncn1CCNC(=NCCOC)NC1CCc2ccccc2C1. The summed E-state index contributed by atoms with van der Waals surface area (Å²) < 4.78 is 7.22. The molecule has 1 aliphatic carbocycles. The van der Waals surface area contributed by atoms with E-state index in [1.165, 1.54) is 11.1 Å². The molecule has 0 spiro atoms. The number of guanidine groups is 1. The van der Waals surface area contributed by atoms with E-state index in [9.17, 15) is 0 Å². The van der Waals surface area contributed by atoms with E-state index >= 15 is 0 Å². The normalized spacial score (nSPS) is 16.8. The van der Waals surface area contributed by atoms with E-state index in [-0.39, 0.29) is 0 Å². The van der Waals surface area contributed by atoms with Crippen molar-refractivity contribution < 1.29 is 4.74 Å². The highest BCUT2D eigenvalue weighted by Gasteiger charge is 2.19. The van der Waals surface area contributed by atoms with Crippen molar-refractivity contribution in [3.8, 4) is 0 Å². The number of fused-ring (bicyclic) bond motifs is 1. The topological polar surface area (TPSA) is 76.4 Å².